The average Bonchev–Trinajstić information content (AvgIpc) is 2.79. The molecule has 0 aliphatic rings. The summed E-state index contributed by atoms with van der Waals surface area (Å²) < 4.78 is 5.47. The molecule has 0 aliphatic carbocycles. The lowest BCUT2D eigenvalue weighted by Crippen LogP contribution is -2.12. The monoisotopic (exact) mass is 265 g/mol. The van der Waals surface area contributed by atoms with Crippen molar-refractivity contribution >= 4 is 22.8 Å². The fraction of sp³-hybridized carbons (Fsp3) is 0.462. The van der Waals surface area contributed by atoms with E-state index >= 15 is 0 Å². The van der Waals surface area contributed by atoms with Crippen LogP contribution in [0, 0.1) is 0 Å². The number of aromatic amines is 1. The normalized spacial score (nSPS) is 12.8. The minimum atomic E-state index is -0.0274. The molecule has 0 bridgehead atoms. The first-order valence-corrected chi connectivity index (χ1v) is 7.51. The van der Waals surface area contributed by atoms with Crippen LogP contribution in [0.3, 0.4) is 0 Å². The highest BCUT2D eigenvalue weighted by Gasteiger charge is 2.11. The molecule has 0 saturated heterocycles. The summed E-state index contributed by atoms with van der Waals surface area (Å²) in [6.07, 6.45) is 3.01. The van der Waals surface area contributed by atoms with Crippen molar-refractivity contribution in [1.29, 1.82) is 0 Å². The first-order valence-electron chi connectivity index (χ1n) is 6.11. The summed E-state index contributed by atoms with van der Waals surface area (Å²) in [7, 11) is 0. The molecule has 0 radical (unpaired) electrons. The maximum atomic E-state index is 6.10. The van der Waals surface area contributed by atoms with E-state index < -0.39 is 0 Å². The topological polar surface area (TPSA) is 63.9 Å². The van der Waals surface area contributed by atoms with Gasteiger partial charge in [0.25, 0.3) is 0 Å². The Morgan fingerprint density at radius 2 is 2.33 bits per heavy atom. The van der Waals surface area contributed by atoms with Gasteiger partial charge in [0.05, 0.1) is 23.7 Å². The molecule has 0 saturated carbocycles. The van der Waals surface area contributed by atoms with Gasteiger partial charge in [0.2, 0.25) is 0 Å². The fourth-order valence-electron chi connectivity index (χ4n) is 1.82. The van der Waals surface area contributed by atoms with Crippen molar-refractivity contribution in [2.75, 3.05) is 18.6 Å². The SMILES string of the molecule is CCOc1ccc2nc(C(N)CCSC)[nH]c2c1. The molecule has 3 N–H and O–H groups in total. The van der Waals surface area contributed by atoms with Crippen LogP contribution in [0.5, 0.6) is 5.75 Å². The van der Waals surface area contributed by atoms with E-state index in [0.717, 1.165) is 34.8 Å². The van der Waals surface area contributed by atoms with Crippen LogP contribution in [0.15, 0.2) is 18.2 Å². The molecule has 2 aromatic rings. The number of ether oxygens (including phenoxy) is 1. The molecule has 1 heterocycles. The van der Waals surface area contributed by atoms with Gasteiger partial charge >= 0.3 is 0 Å². The Balaban J connectivity index is 2.21. The Bertz CT molecular complexity index is 512. The summed E-state index contributed by atoms with van der Waals surface area (Å²) in [6.45, 7) is 2.64. The minimum Gasteiger partial charge on any atom is -0.494 e. The van der Waals surface area contributed by atoms with Crippen LogP contribution in [0.2, 0.25) is 0 Å². The van der Waals surface area contributed by atoms with Crippen LogP contribution in [-0.2, 0) is 0 Å². The number of hydrogen-bond acceptors (Lipinski definition) is 4. The van der Waals surface area contributed by atoms with Gasteiger partial charge in [-0.2, -0.15) is 11.8 Å². The van der Waals surface area contributed by atoms with Crippen molar-refractivity contribution in [3.8, 4) is 5.75 Å². The zero-order valence-corrected chi connectivity index (χ0v) is 11.6. The van der Waals surface area contributed by atoms with E-state index in [9.17, 15) is 0 Å². The summed E-state index contributed by atoms with van der Waals surface area (Å²) in [6, 6.07) is 5.84. The smallest absolute Gasteiger partial charge is 0.124 e. The number of rotatable bonds is 6. The van der Waals surface area contributed by atoms with E-state index in [1.165, 1.54) is 0 Å². The van der Waals surface area contributed by atoms with Crippen molar-refractivity contribution in [3.05, 3.63) is 24.0 Å². The predicted molar refractivity (Wildman–Crippen MR) is 77.2 cm³/mol. The number of H-pyrrole nitrogens is 1. The Labute approximate surface area is 111 Å². The number of nitrogens with one attached hydrogen (secondary N) is 1. The number of benzene rings is 1. The van der Waals surface area contributed by atoms with Crippen molar-refractivity contribution < 1.29 is 4.74 Å². The molecule has 0 amide bonds. The van der Waals surface area contributed by atoms with Gasteiger partial charge in [-0.05, 0) is 37.5 Å². The number of nitrogens with zero attached hydrogens (tertiary/aromatic N) is 1. The van der Waals surface area contributed by atoms with Crippen LogP contribution >= 0.6 is 11.8 Å². The quantitative estimate of drug-likeness (QED) is 0.843. The molecule has 1 atom stereocenters. The first-order chi connectivity index (χ1) is 8.74. The van der Waals surface area contributed by atoms with Gasteiger partial charge in [0.15, 0.2) is 0 Å². The zero-order chi connectivity index (χ0) is 13.0. The van der Waals surface area contributed by atoms with E-state index in [0.29, 0.717) is 6.61 Å². The second-order valence-corrected chi connectivity index (χ2v) is 5.11. The molecule has 0 spiro atoms. The van der Waals surface area contributed by atoms with Crippen LogP contribution in [0.1, 0.15) is 25.2 Å². The van der Waals surface area contributed by atoms with E-state index in [1.54, 1.807) is 11.8 Å². The van der Waals surface area contributed by atoms with Crippen LogP contribution in [-0.4, -0.2) is 28.6 Å². The van der Waals surface area contributed by atoms with E-state index in [-0.39, 0.29) is 6.04 Å². The third-order valence-corrected chi connectivity index (χ3v) is 3.41. The Hall–Kier alpha value is -1.20. The minimum absolute atomic E-state index is 0.0274. The fourth-order valence-corrected chi connectivity index (χ4v) is 2.31. The summed E-state index contributed by atoms with van der Waals surface area (Å²) in [4.78, 5) is 7.80. The van der Waals surface area contributed by atoms with Crippen molar-refractivity contribution in [2.45, 2.75) is 19.4 Å². The van der Waals surface area contributed by atoms with E-state index in [4.69, 9.17) is 10.5 Å². The summed E-state index contributed by atoms with van der Waals surface area (Å²) in [5, 5.41) is 0. The van der Waals surface area contributed by atoms with Gasteiger partial charge < -0.3 is 15.5 Å². The second-order valence-electron chi connectivity index (χ2n) is 4.12. The molecule has 2 rings (SSSR count). The van der Waals surface area contributed by atoms with Crippen molar-refractivity contribution in [2.24, 2.45) is 5.73 Å². The number of imidazole rings is 1. The van der Waals surface area contributed by atoms with Crippen LogP contribution in [0.4, 0.5) is 0 Å². The predicted octanol–water partition coefficient (Wildman–Crippen LogP) is 2.71. The van der Waals surface area contributed by atoms with Gasteiger partial charge in [-0.15, -0.1) is 0 Å². The number of aromatic nitrogens is 2. The Kier molecular flexibility index (Phi) is 4.49. The van der Waals surface area contributed by atoms with Gasteiger partial charge in [-0.3, -0.25) is 0 Å². The van der Waals surface area contributed by atoms with Gasteiger partial charge in [0, 0.05) is 6.07 Å². The maximum Gasteiger partial charge on any atom is 0.124 e. The third-order valence-electron chi connectivity index (χ3n) is 2.77. The molecular formula is C13H19N3OS. The number of nitrogens with two attached hydrogens (primary N) is 1. The van der Waals surface area contributed by atoms with Gasteiger partial charge in [-0.1, -0.05) is 0 Å². The third kappa shape index (κ3) is 2.97. The molecule has 5 heteroatoms. The van der Waals surface area contributed by atoms with Crippen molar-refractivity contribution in [1.82, 2.24) is 9.97 Å². The highest BCUT2D eigenvalue weighted by atomic mass is 32.2. The molecule has 0 aliphatic heterocycles. The first kappa shape index (κ1) is 13.2. The Morgan fingerprint density at radius 1 is 1.50 bits per heavy atom. The molecule has 1 unspecified atom stereocenters. The lowest BCUT2D eigenvalue weighted by molar-refractivity contribution is 0.340. The second kappa shape index (κ2) is 6.11. The standard InChI is InChI=1S/C13H19N3OS/c1-3-17-9-4-5-11-12(8-9)16-13(15-11)10(14)6-7-18-2/h4-5,8,10H,3,6-7,14H2,1-2H3,(H,15,16). The molecule has 1 aromatic heterocycles. The zero-order valence-electron chi connectivity index (χ0n) is 10.8. The number of hydrogen-bond donors (Lipinski definition) is 2. The lowest BCUT2D eigenvalue weighted by Gasteiger charge is -2.06. The summed E-state index contributed by atoms with van der Waals surface area (Å²) in [5.74, 6) is 2.76. The van der Waals surface area contributed by atoms with Crippen molar-refractivity contribution in [3.63, 3.8) is 0 Å². The van der Waals surface area contributed by atoms with Crippen LogP contribution in [0.25, 0.3) is 11.0 Å². The van der Waals surface area contributed by atoms with E-state index in [2.05, 4.69) is 16.2 Å². The molecular weight excluding hydrogens is 246 g/mol. The lowest BCUT2D eigenvalue weighted by atomic mass is 10.2. The molecule has 98 valence electrons. The molecule has 4 nitrogen and oxygen atoms in total. The molecule has 18 heavy (non-hydrogen) atoms. The van der Waals surface area contributed by atoms with Crippen LogP contribution < -0.4 is 10.5 Å². The highest BCUT2D eigenvalue weighted by Crippen LogP contribution is 2.22. The average molecular weight is 265 g/mol. The summed E-state index contributed by atoms with van der Waals surface area (Å²) >= 11 is 1.80. The molecule has 0 fully saturated rings. The summed E-state index contributed by atoms with van der Waals surface area (Å²) in [5.41, 5.74) is 8.02. The van der Waals surface area contributed by atoms with Gasteiger partial charge in [-0.25, -0.2) is 4.98 Å². The number of fused-ring (bicyclic) bond motifs is 1. The largest absolute Gasteiger partial charge is 0.494 e. The van der Waals surface area contributed by atoms with E-state index in [1.807, 2.05) is 25.1 Å². The Morgan fingerprint density at radius 3 is 3.06 bits per heavy atom. The highest BCUT2D eigenvalue weighted by molar-refractivity contribution is 7.98. The van der Waals surface area contributed by atoms with Gasteiger partial charge in [0.1, 0.15) is 11.6 Å². The molecule has 1 aromatic carbocycles. The number of thioether (sulfide) groups is 1. The maximum absolute atomic E-state index is 6.10.